The number of nitrogens with zero attached hydrogens (tertiary/aromatic N) is 2. The van der Waals surface area contributed by atoms with Crippen molar-refractivity contribution in [3.63, 3.8) is 0 Å². The molecule has 0 aliphatic carbocycles. The van der Waals surface area contributed by atoms with Crippen LogP contribution in [0.1, 0.15) is 35.2 Å². The molecule has 0 unspecified atom stereocenters. The van der Waals surface area contributed by atoms with E-state index in [1.54, 1.807) is 24.3 Å². The number of anilines is 2. The van der Waals surface area contributed by atoms with Gasteiger partial charge in [-0.3, -0.25) is 9.59 Å². The standard InChI is InChI=1S/C23H26F3N3O2/c1-28-12-14-29(15-13-28)20-11-10-18(23(24,25)26)16-19(20)27-22(31)9-5-8-21(30)17-6-3-2-4-7-17/h2-4,6-7,10-11,16H,5,8-9,12-15H2,1H3,(H,27,31). The molecule has 0 bridgehead atoms. The molecule has 1 aliphatic rings. The van der Waals surface area contributed by atoms with E-state index < -0.39 is 17.6 Å². The largest absolute Gasteiger partial charge is 0.416 e. The third kappa shape index (κ3) is 6.30. The molecule has 0 radical (unpaired) electrons. The molecule has 1 saturated heterocycles. The molecule has 0 aromatic heterocycles. The number of alkyl halides is 3. The van der Waals surface area contributed by atoms with Crippen LogP contribution in [0.3, 0.4) is 0 Å². The Balaban J connectivity index is 1.66. The normalized spacial score (nSPS) is 15.0. The number of nitrogens with one attached hydrogen (secondary N) is 1. The molecule has 31 heavy (non-hydrogen) atoms. The molecular formula is C23H26F3N3O2. The summed E-state index contributed by atoms with van der Waals surface area (Å²) >= 11 is 0. The van der Waals surface area contributed by atoms with Gasteiger partial charge >= 0.3 is 6.18 Å². The van der Waals surface area contributed by atoms with Gasteiger partial charge in [-0.2, -0.15) is 13.2 Å². The fourth-order valence-corrected chi connectivity index (χ4v) is 3.53. The SMILES string of the molecule is CN1CCN(c2ccc(C(F)(F)F)cc2NC(=O)CCCC(=O)c2ccccc2)CC1. The summed E-state index contributed by atoms with van der Waals surface area (Å²) in [6.45, 7) is 2.90. The number of ketones is 1. The molecule has 166 valence electrons. The number of hydrogen-bond acceptors (Lipinski definition) is 4. The molecule has 3 rings (SSSR count). The lowest BCUT2D eigenvalue weighted by Crippen LogP contribution is -2.44. The van der Waals surface area contributed by atoms with Crippen molar-refractivity contribution < 1.29 is 22.8 Å². The molecule has 1 aliphatic heterocycles. The van der Waals surface area contributed by atoms with Crippen LogP contribution in [-0.4, -0.2) is 49.8 Å². The maximum absolute atomic E-state index is 13.2. The fraction of sp³-hybridized carbons (Fsp3) is 0.391. The molecule has 1 fully saturated rings. The topological polar surface area (TPSA) is 52.6 Å². The van der Waals surface area contributed by atoms with E-state index in [1.807, 2.05) is 18.0 Å². The number of Topliss-reactive ketones (excluding diaryl/α,β-unsaturated/α-hetero) is 1. The third-order valence-electron chi connectivity index (χ3n) is 5.35. The molecule has 0 atom stereocenters. The summed E-state index contributed by atoms with van der Waals surface area (Å²) in [6.07, 6.45) is -3.92. The predicted octanol–water partition coefficient (Wildman–Crippen LogP) is 4.45. The maximum Gasteiger partial charge on any atom is 0.416 e. The van der Waals surface area contributed by atoms with E-state index in [2.05, 4.69) is 10.2 Å². The van der Waals surface area contributed by atoms with Gasteiger partial charge in [0.1, 0.15) is 0 Å². The number of likely N-dealkylation sites (N-methyl/N-ethyl adjacent to an activating group) is 1. The number of benzene rings is 2. The molecule has 0 spiro atoms. The van der Waals surface area contributed by atoms with E-state index in [9.17, 15) is 22.8 Å². The second-order valence-electron chi connectivity index (χ2n) is 7.71. The van der Waals surface area contributed by atoms with Gasteiger partial charge in [-0.1, -0.05) is 30.3 Å². The van der Waals surface area contributed by atoms with Crippen LogP contribution >= 0.6 is 0 Å². The fourth-order valence-electron chi connectivity index (χ4n) is 3.53. The number of piperazine rings is 1. The van der Waals surface area contributed by atoms with Crippen molar-refractivity contribution in [1.29, 1.82) is 0 Å². The Hall–Kier alpha value is -2.87. The number of rotatable bonds is 7. The van der Waals surface area contributed by atoms with Crippen molar-refractivity contribution in [3.05, 3.63) is 59.7 Å². The van der Waals surface area contributed by atoms with E-state index in [-0.39, 0.29) is 24.3 Å². The van der Waals surface area contributed by atoms with Crippen LogP contribution in [0.15, 0.2) is 48.5 Å². The van der Waals surface area contributed by atoms with Crippen LogP contribution in [0.5, 0.6) is 0 Å². The Bertz CT molecular complexity index is 908. The van der Waals surface area contributed by atoms with Gasteiger partial charge in [0.2, 0.25) is 5.91 Å². The minimum Gasteiger partial charge on any atom is -0.367 e. The van der Waals surface area contributed by atoms with Gasteiger partial charge in [-0.05, 0) is 31.7 Å². The first-order valence-corrected chi connectivity index (χ1v) is 10.3. The van der Waals surface area contributed by atoms with Crippen molar-refractivity contribution in [3.8, 4) is 0 Å². The molecule has 1 N–H and O–H groups in total. The van der Waals surface area contributed by atoms with Gasteiger partial charge in [0, 0.05) is 44.6 Å². The second-order valence-corrected chi connectivity index (χ2v) is 7.71. The zero-order valence-corrected chi connectivity index (χ0v) is 17.4. The van der Waals surface area contributed by atoms with Crippen LogP contribution in [0.4, 0.5) is 24.5 Å². The lowest BCUT2D eigenvalue weighted by molar-refractivity contribution is -0.137. The Labute approximate surface area is 179 Å². The highest BCUT2D eigenvalue weighted by Gasteiger charge is 2.32. The van der Waals surface area contributed by atoms with E-state index in [4.69, 9.17) is 0 Å². The highest BCUT2D eigenvalue weighted by Crippen LogP contribution is 2.36. The van der Waals surface area contributed by atoms with Crippen LogP contribution in [-0.2, 0) is 11.0 Å². The first-order chi connectivity index (χ1) is 14.7. The summed E-state index contributed by atoms with van der Waals surface area (Å²) in [5, 5.41) is 2.64. The number of amides is 1. The van der Waals surface area contributed by atoms with Crippen LogP contribution < -0.4 is 10.2 Å². The third-order valence-corrected chi connectivity index (χ3v) is 5.35. The van der Waals surface area contributed by atoms with Gasteiger partial charge < -0.3 is 15.1 Å². The monoisotopic (exact) mass is 433 g/mol. The Kier molecular flexibility index (Phi) is 7.33. The highest BCUT2D eigenvalue weighted by atomic mass is 19.4. The molecule has 5 nitrogen and oxygen atoms in total. The Morgan fingerprint density at radius 3 is 2.29 bits per heavy atom. The minimum absolute atomic E-state index is 0.0526. The number of halogens is 3. The van der Waals surface area contributed by atoms with Crippen LogP contribution in [0.25, 0.3) is 0 Å². The van der Waals surface area contributed by atoms with Gasteiger partial charge in [-0.25, -0.2) is 0 Å². The average Bonchev–Trinajstić information content (AvgIpc) is 2.74. The van der Waals surface area contributed by atoms with E-state index in [0.29, 0.717) is 30.8 Å². The van der Waals surface area contributed by atoms with Crippen LogP contribution in [0.2, 0.25) is 0 Å². The minimum atomic E-state index is -4.50. The first-order valence-electron chi connectivity index (χ1n) is 10.3. The van der Waals surface area contributed by atoms with Gasteiger partial charge in [0.05, 0.1) is 16.9 Å². The molecule has 0 saturated carbocycles. The molecular weight excluding hydrogens is 407 g/mol. The van der Waals surface area contributed by atoms with E-state index >= 15 is 0 Å². The maximum atomic E-state index is 13.2. The zero-order chi connectivity index (χ0) is 22.4. The lowest BCUT2D eigenvalue weighted by Gasteiger charge is -2.35. The summed E-state index contributed by atoms with van der Waals surface area (Å²) in [4.78, 5) is 28.7. The van der Waals surface area contributed by atoms with Gasteiger partial charge in [-0.15, -0.1) is 0 Å². The van der Waals surface area contributed by atoms with Crippen molar-refractivity contribution in [2.75, 3.05) is 43.4 Å². The molecule has 1 heterocycles. The lowest BCUT2D eigenvalue weighted by atomic mass is 10.1. The zero-order valence-electron chi connectivity index (χ0n) is 17.4. The quantitative estimate of drug-likeness (QED) is 0.656. The van der Waals surface area contributed by atoms with Gasteiger partial charge in [0.15, 0.2) is 5.78 Å². The van der Waals surface area contributed by atoms with Gasteiger partial charge in [0.25, 0.3) is 0 Å². The molecule has 1 amide bonds. The molecule has 8 heteroatoms. The van der Waals surface area contributed by atoms with Crippen molar-refractivity contribution in [2.45, 2.75) is 25.4 Å². The van der Waals surface area contributed by atoms with E-state index in [0.717, 1.165) is 25.2 Å². The summed E-state index contributed by atoms with van der Waals surface area (Å²) in [6, 6.07) is 12.2. The van der Waals surface area contributed by atoms with Crippen molar-refractivity contribution >= 4 is 23.1 Å². The average molecular weight is 433 g/mol. The summed E-state index contributed by atoms with van der Waals surface area (Å²) in [7, 11) is 1.99. The highest BCUT2D eigenvalue weighted by molar-refractivity contribution is 5.97. The summed E-state index contributed by atoms with van der Waals surface area (Å²) < 4.78 is 39.6. The van der Waals surface area contributed by atoms with Crippen molar-refractivity contribution in [2.24, 2.45) is 0 Å². The van der Waals surface area contributed by atoms with Crippen LogP contribution in [0, 0.1) is 0 Å². The summed E-state index contributed by atoms with van der Waals surface area (Å²) in [5.41, 5.74) is 0.506. The first kappa shape index (κ1) is 22.8. The smallest absolute Gasteiger partial charge is 0.367 e. The number of carbonyl (C=O) groups excluding carboxylic acids is 2. The predicted molar refractivity (Wildman–Crippen MR) is 114 cm³/mol. The summed E-state index contributed by atoms with van der Waals surface area (Å²) in [5.74, 6) is -0.471. The second kappa shape index (κ2) is 9.96. The molecule has 2 aromatic rings. The van der Waals surface area contributed by atoms with E-state index in [1.165, 1.54) is 6.07 Å². The Morgan fingerprint density at radius 1 is 0.968 bits per heavy atom. The number of hydrogen-bond donors (Lipinski definition) is 1. The van der Waals surface area contributed by atoms with Crippen molar-refractivity contribution in [1.82, 2.24) is 4.90 Å². The molecule has 2 aromatic carbocycles. The Morgan fingerprint density at radius 2 is 1.65 bits per heavy atom. The number of carbonyl (C=O) groups is 2.